The summed E-state index contributed by atoms with van der Waals surface area (Å²) in [5.74, 6) is 0.947. The number of benzene rings is 1. The molecule has 0 bridgehead atoms. The van der Waals surface area contributed by atoms with Crippen molar-refractivity contribution in [2.45, 2.75) is 32.2 Å². The number of nitrogens with one attached hydrogen (secondary N) is 2. The number of aromatic nitrogens is 1. The van der Waals surface area contributed by atoms with Crippen LogP contribution in [-0.2, 0) is 17.6 Å². The van der Waals surface area contributed by atoms with E-state index in [2.05, 4.69) is 16.4 Å². The zero-order valence-electron chi connectivity index (χ0n) is 12.6. The minimum absolute atomic E-state index is 0.0361. The highest BCUT2D eigenvalue weighted by molar-refractivity contribution is 7.73. The smallest absolute Gasteiger partial charge is 0.225 e. The Balaban J connectivity index is 1.72. The molecule has 116 valence electrons. The largest absolute Gasteiger partial charge is 0.496 e. The molecule has 2 aromatic rings. The molecule has 1 unspecified atom stereocenters. The van der Waals surface area contributed by atoms with Crippen molar-refractivity contribution in [1.29, 1.82) is 0 Å². The lowest BCUT2D eigenvalue weighted by atomic mass is 10.1. The average molecular weight is 334 g/mol. The first-order valence-electron chi connectivity index (χ1n) is 7.22. The predicted molar refractivity (Wildman–Crippen MR) is 90.1 cm³/mol. The van der Waals surface area contributed by atoms with Crippen LogP contribution in [0.25, 0.3) is 0 Å². The molecule has 3 rings (SSSR count). The summed E-state index contributed by atoms with van der Waals surface area (Å²) in [6.45, 7) is 1.95. The van der Waals surface area contributed by atoms with Gasteiger partial charge in [-0.05, 0) is 49.2 Å². The predicted octanol–water partition coefficient (Wildman–Crippen LogP) is 3.47. The average Bonchev–Trinajstić information content (AvgIpc) is 3.02. The number of hydrogen-bond donors (Lipinski definition) is 2. The van der Waals surface area contributed by atoms with Gasteiger partial charge < -0.3 is 15.0 Å². The maximum atomic E-state index is 12.3. The van der Waals surface area contributed by atoms with Crippen molar-refractivity contribution < 1.29 is 9.53 Å². The number of fused-ring (bicyclic) bond motifs is 1. The second-order valence-electron chi connectivity index (χ2n) is 5.43. The first kappa shape index (κ1) is 15.2. The highest BCUT2D eigenvalue weighted by atomic mass is 32.1. The van der Waals surface area contributed by atoms with Gasteiger partial charge in [-0.1, -0.05) is 12.1 Å². The number of rotatable bonds is 4. The minimum atomic E-state index is 0.0361. The third kappa shape index (κ3) is 2.94. The van der Waals surface area contributed by atoms with Crippen molar-refractivity contribution in [3.05, 3.63) is 43.9 Å². The van der Waals surface area contributed by atoms with E-state index in [1.54, 1.807) is 7.11 Å². The fraction of sp³-hybridized carbons (Fsp3) is 0.375. The number of methoxy groups -OCH3 is 1. The van der Waals surface area contributed by atoms with Crippen molar-refractivity contribution in [3.8, 4) is 5.75 Å². The van der Waals surface area contributed by atoms with Gasteiger partial charge in [0, 0.05) is 10.6 Å². The molecule has 1 aromatic carbocycles. The molecule has 1 aliphatic carbocycles. The van der Waals surface area contributed by atoms with Crippen LogP contribution in [0.1, 0.15) is 34.2 Å². The molecule has 1 atom stereocenters. The van der Waals surface area contributed by atoms with E-state index in [9.17, 15) is 4.79 Å². The Kier molecular flexibility index (Phi) is 4.31. The lowest BCUT2D eigenvalue weighted by Gasteiger charge is -2.14. The van der Waals surface area contributed by atoms with Crippen LogP contribution in [0.4, 0.5) is 0 Å². The van der Waals surface area contributed by atoms with Crippen LogP contribution in [0, 0.1) is 10.9 Å². The van der Waals surface area contributed by atoms with Crippen LogP contribution in [0.2, 0.25) is 0 Å². The summed E-state index contributed by atoms with van der Waals surface area (Å²) < 4.78 is 6.12. The first-order valence-corrected chi connectivity index (χ1v) is 8.44. The number of carbonyl (C=O) groups excluding carboxylic acids is 1. The third-order valence-corrected chi connectivity index (χ3v) is 5.36. The van der Waals surface area contributed by atoms with Gasteiger partial charge in [-0.3, -0.25) is 4.79 Å². The van der Waals surface area contributed by atoms with E-state index < -0.39 is 0 Å². The van der Waals surface area contributed by atoms with Crippen LogP contribution in [0.3, 0.4) is 0 Å². The number of ether oxygens (including phenoxy) is 1. The Labute approximate surface area is 138 Å². The van der Waals surface area contributed by atoms with Crippen LogP contribution < -0.4 is 10.1 Å². The van der Waals surface area contributed by atoms with Gasteiger partial charge in [0.1, 0.15) is 5.75 Å². The van der Waals surface area contributed by atoms with Gasteiger partial charge in [0.05, 0.1) is 19.6 Å². The van der Waals surface area contributed by atoms with Gasteiger partial charge in [-0.25, -0.2) is 0 Å². The number of amides is 1. The number of aryl methyl sites for hydroxylation is 1. The molecule has 0 saturated carbocycles. The van der Waals surface area contributed by atoms with Crippen molar-refractivity contribution in [2.24, 2.45) is 0 Å². The van der Waals surface area contributed by atoms with Gasteiger partial charge in [-0.15, -0.1) is 11.3 Å². The lowest BCUT2D eigenvalue weighted by Crippen LogP contribution is -2.28. The van der Waals surface area contributed by atoms with E-state index in [-0.39, 0.29) is 11.9 Å². The van der Waals surface area contributed by atoms with Gasteiger partial charge >= 0.3 is 0 Å². The van der Waals surface area contributed by atoms with Gasteiger partial charge in [-0.2, -0.15) is 0 Å². The van der Waals surface area contributed by atoms with E-state index in [1.165, 1.54) is 22.5 Å². The molecule has 0 aliphatic heterocycles. The van der Waals surface area contributed by atoms with E-state index in [0.29, 0.717) is 6.42 Å². The number of aromatic amines is 1. The Bertz CT molecular complexity index is 764. The summed E-state index contributed by atoms with van der Waals surface area (Å²) in [6.07, 6.45) is 2.23. The van der Waals surface area contributed by atoms with Crippen molar-refractivity contribution in [2.75, 3.05) is 7.11 Å². The Morgan fingerprint density at radius 3 is 3.05 bits per heavy atom. The monoisotopic (exact) mass is 334 g/mol. The quantitative estimate of drug-likeness (QED) is 0.842. The molecule has 0 fully saturated rings. The van der Waals surface area contributed by atoms with Crippen LogP contribution in [0.5, 0.6) is 5.75 Å². The number of H-pyrrole nitrogens is 1. The normalized spacial score (nSPS) is 16.4. The van der Waals surface area contributed by atoms with Gasteiger partial charge in [0.25, 0.3) is 0 Å². The van der Waals surface area contributed by atoms with Crippen molar-refractivity contribution in [1.82, 2.24) is 10.3 Å². The molecule has 0 saturated heterocycles. The van der Waals surface area contributed by atoms with E-state index in [1.807, 2.05) is 19.1 Å². The number of hydrogen-bond acceptors (Lipinski definition) is 4. The second-order valence-corrected chi connectivity index (χ2v) is 7.20. The molecule has 6 heteroatoms. The maximum absolute atomic E-state index is 12.3. The van der Waals surface area contributed by atoms with Gasteiger partial charge in [0.2, 0.25) is 5.91 Å². The summed E-state index contributed by atoms with van der Waals surface area (Å²) in [6, 6.07) is 6.09. The summed E-state index contributed by atoms with van der Waals surface area (Å²) in [5, 5.41) is 3.14. The molecule has 1 heterocycles. The number of carbonyl (C=O) groups is 1. The van der Waals surface area contributed by atoms with Crippen LogP contribution in [-0.4, -0.2) is 18.0 Å². The van der Waals surface area contributed by atoms with E-state index >= 15 is 0 Å². The molecule has 4 nitrogen and oxygen atoms in total. The third-order valence-electron chi connectivity index (χ3n) is 4.03. The molecule has 1 amide bonds. The SMILES string of the molecule is COc1cccc2c1CCC2NC(=O)Cc1sc(=S)[nH]c1C. The summed E-state index contributed by atoms with van der Waals surface area (Å²) in [4.78, 5) is 16.4. The van der Waals surface area contributed by atoms with Gasteiger partial charge in [0.15, 0.2) is 3.95 Å². The standard InChI is InChI=1S/C16H18N2O2S2/c1-9-14(22-16(21)17-9)8-15(19)18-12-7-6-11-10(12)4-3-5-13(11)20-2/h3-5,12H,6-8H2,1-2H3,(H,17,21)(H,18,19). The van der Waals surface area contributed by atoms with Crippen LogP contribution in [0.15, 0.2) is 18.2 Å². The fourth-order valence-electron chi connectivity index (χ4n) is 2.96. The zero-order chi connectivity index (χ0) is 15.7. The summed E-state index contributed by atoms with van der Waals surface area (Å²) >= 11 is 6.58. The van der Waals surface area contributed by atoms with Crippen molar-refractivity contribution >= 4 is 29.5 Å². The number of thiazole rings is 1. The second kappa shape index (κ2) is 6.22. The topological polar surface area (TPSA) is 54.1 Å². The highest BCUT2D eigenvalue weighted by Crippen LogP contribution is 2.36. The lowest BCUT2D eigenvalue weighted by molar-refractivity contribution is -0.121. The molecule has 0 radical (unpaired) electrons. The zero-order valence-corrected chi connectivity index (χ0v) is 14.2. The molecular formula is C16H18N2O2S2. The first-order chi connectivity index (χ1) is 10.6. The van der Waals surface area contributed by atoms with E-state index in [4.69, 9.17) is 17.0 Å². The molecule has 1 aromatic heterocycles. The molecule has 0 spiro atoms. The molecular weight excluding hydrogens is 316 g/mol. The molecule has 2 N–H and O–H groups in total. The summed E-state index contributed by atoms with van der Waals surface area (Å²) in [5.41, 5.74) is 3.37. The van der Waals surface area contributed by atoms with Crippen molar-refractivity contribution in [3.63, 3.8) is 0 Å². The Morgan fingerprint density at radius 2 is 2.36 bits per heavy atom. The highest BCUT2D eigenvalue weighted by Gasteiger charge is 2.26. The minimum Gasteiger partial charge on any atom is -0.496 e. The Morgan fingerprint density at radius 1 is 1.55 bits per heavy atom. The van der Waals surface area contributed by atoms with Crippen LogP contribution >= 0.6 is 23.6 Å². The van der Waals surface area contributed by atoms with E-state index in [0.717, 1.165) is 33.1 Å². The summed E-state index contributed by atoms with van der Waals surface area (Å²) in [7, 11) is 1.68. The molecule has 1 aliphatic rings. The molecule has 22 heavy (non-hydrogen) atoms. The maximum Gasteiger partial charge on any atom is 0.225 e. The fourth-order valence-corrected chi connectivity index (χ4v) is 4.25. The Hall–Kier alpha value is -1.66.